The van der Waals surface area contributed by atoms with E-state index in [-0.39, 0.29) is 0 Å². The molecule has 0 amide bonds. The van der Waals surface area contributed by atoms with Crippen molar-refractivity contribution in [3.63, 3.8) is 0 Å². The first-order valence-electron chi connectivity index (χ1n) is 14.7. The maximum absolute atomic E-state index is 4.98. The second kappa shape index (κ2) is 10.3. The van der Waals surface area contributed by atoms with E-state index in [1.54, 1.807) is 0 Å². The molecule has 43 heavy (non-hydrogen) atoms. The number of hydrogen-bond acceptors (Lipinski definition) is 2. The van der Waals surface area contributed by atoms with E-state index in [2.05, 4.69) is 145 Å². The minimum atomic E-state index is 0.890. The molecule has 202 valence electrons. The normalized spacial score (nSPS) is 11.4. The van der Waals surface area contributed by atoms with E-state index < -0.39 is 0 Å². The van der Waals surface area contributed by atoms with Gasteiger partial charge in [0.05, 0.1) is 17.1 Å². The Bertz CT molecular complexity index is 2240. The molecule has 0 unspecified atom stereocenters. The number of pyridine rings is 2. The second-order valence-corrected chi connectivity index (χ2v) is 11.0. The van der Waals surface area contributed by atoms with Gasteiger partial charge in [-0.1, -0.05) is 127 Å². The number of hydrogen-bond donors (Lipinski definition) is 0. The van der Waals surface area contributed by atoms with Gasteiger partial charge in [-0.3, -0.25) is 4.98 Å². The molecule has 2 nitrogen and oxygen atoms in total. The van der Waals surface area contributed by atoms with Gasteiger partial charge in [-0.05, 0) is 85.3 Å². The molecule has 0 aliphatic rings. The zero-order valence-electron chi connectivity index (χ0n) is 23.8. The molecule has 0 atom stereocenters. The minimum absolute atomic E-state index is 0.890. The van der Waals surface area contributed by atoms with E-state index in [9.17, 15) is 0 Å². The number of benzene rings is 6. The molecule has 0 spiro atoms. The molecule has 2 heterocycles. The van der Waals surface area contributed by atoms with Crippen LogP contribution in [0.2, 0.25) is 0 Å². The first kappa shape index (κ1) is 25.1. The Morgan fingerprint density at radius 1 is 0.419 bits per heavy atom. The predicted molar refractivity (Wildman–Crippen MR) is 181 cm³/mol. The van der Waals surface area contributed by atoms with Crippen LogP contribution in [0.25, 0.3) is 77.2 Å². The Balaban J connectivity index is 1.31. The molecule has 0 saturated heterocycles. The zero-order chi connectivity index (χ0) is 28.8. The summed E-state index contributed by atoms with van der Waals surface area (Å²) in [4.78, 5) is 9.56. The van der Waals surface area contributed by atoms with E-state index in [0.29, 0.717) is 0 Å². The van der Waals surface area contributed by atoms with Crippen LogP contribution in [-0.2, 0) is 0 Å². The van der Waals surface area contributed by atoms with E-state index in [1.807, 2.05) is 18.3 Å². The highest BCUT2D eigenvalue weighted by Crippen LogP contribution is 2.45. The molecule has 8 aromatic rings. The Morgan fingerprint density at radius 3 is 1.67 bits per heavy atom. The minimum Gasteiger partial charge on any atom is -0.254 e. The van der Waals surface area contributed by atoms with Gasteiger partial charge in [0.15, 0.2) is 0 Å². The molecule has 0 fully saturated rings. The lowest BCUT2D eigenvalue weighted by Gasteiger charge is -2.19. The van der Waals surface area contributed by atoms with Crippen molar-refractivity contribution in [2.24, 2.45) is 0 Å². The Labute approximate surface area is 251 Å². The summed E-state index contributed by atoms with van der Waals surface area (Å²) in [6.45, 7) is 2.08. The Hall–Kier alpha value is -5.60. The Morgan fingerprint density at radius 2 is 0.977 bits per heavy atom. The monoisotopic (exact) mass is 548 g/mol. The van der Waals surface area contributed by atoms with Gasteiger partial charge < -0.3 is 0 Å². The highest BCUT2D eigenvalue weighted by Gasteiger charge is 2.18. The molecule has 8 rings (SSSR count). The van der Waals surface area contributed by atoms with E-state index in [4.69, 9.17) is 4.98 Å². The van der Waals surface area contributed by atoms with Crippen LogP contribution in [0.5, 0.6) is 0 Å². The Kier molecular flexibility index (Phi) is 6.05. The fourth-order valence-electron chi connectivity index (χ4n) is 6.46. The van der Waals surface area contributed by atoms with Crippen molar-refractivity contribution in [1.29, 1.82) is 0 Å². The largest absolute Gasteiger partial charge is 0.254 e. The smallest absolute Gasteiger partial charge is 0.0915 e. The molecular weight excluding hydrogens is 520 g/mol. The van der Waals surface area contributed by atoms with E-state index in [0.717, 1.165) is 28.2 Å². The first-order valence-corrected chi connectivity index (χ1v) is 14.7. The first-order chi connectivity index (χ1) is 21.3. The third-order valence-corrected chi connectivity index (χ3v) is 8.46. The van der Waals surface area contributed by atoms with Gasteiger partial charge in [0.2, 0.25) is 0 Å². The summed E-state index contributed by atoms with van der Waals surface area (Å²) in [5.74, 6) is 0. The summed E-state index contributed by atoms with van der Waals surface area (Å²) < 4.78 is 0. The maximum Gasteiger partial charge on any atom is 0.0915 e. The van der Waals surface area contributed by atoms with Crippen molar-refractivity contribution in [2.45, 2.75) is 6.92 Å². The third kappa shape index (κ3) is 4.27. The number of aromatic nitrogens is 2. The SMILES string of the molecule is Cc1cccnc1-c1cccc(-c2ccc(-c3c4ccccc4c(-c4cccc5ccccc45)c4ccccc34)cc2)n1. The zero-order valence-corrected chi connectivity index (χ0v) is 23.8. The van der Waals surface area contributed by atoms with Crippen molar-refractivity contribution in [3.8, 4) is 44.9 Å². The van der Waals surface area contributed by atoms with Gasteiger partial charge in [0, 0.05) is 11.8 Å². The van der Waals surface area contributed by atoms with Crippen molar-refractivity contribution in [2.75, 3.05) is 0 Å². The molecule has 0 radical (unpaired) electrons. The number of fused-ring (bicyclic) bond motifs is 3. The van der Waals surface area contributed by atoms with Gasteiger partial charge in [-0.2, -0.15) is 0 Å². The van der Waals surface area contributed by atoms with Crippen LogP contribution in [0.3, 0.4) is 0 Å². The van der Waals surface area contributed by atoms with E-state index >= 15 is 0 Å². The van der Waals surface area contributed by atoms with Crippen LogP contribution in [0, 0.1) is 6.92 Å². The second-order valence-electron chi connectivity index (χ2n) is 11.0. The van der Waals surface area contributed by atoms with Gasteiger partial charge in [-0.15, -0.1) is 0 Å². The quantitative estimate of drug-likeness (QED) is 0.204. The topological polar surface area (TPSA) is 25.8 Å². The van der Waals surface area contributed by atoms with Crippen molar-refractivity contribution in [3.05, 3.63) is 157 Å². The van der Waals surface area contributed by atoms with E-state index in [1.165, 1.54) is 54.6 Å². The molecule has 0 saturated carbocycles. The average molecular weight is 549 g/mol. The van der Waals surface area contributed by atoms with Crippen LogP contribution in [-0.4, -0.2) is 9.97 Å². The fourth-order valence-corrected chi connectivity index (χ4v) is 6.46. The molecule has 0 aliphatic carbocycles. The number of aryl methyl sites for hydroxylation is 1. The molecule has 0 aliphatic heterocycles. The van der Waals surface area contributed by atoms with Crippen LogP contribution in [0.15, 0.2) is 152 Å². The highest BCUT2D eigenvalue weighted by molar-refractivity contribution is 6.23. The third-order valence-electron chi connectivity index (χ3n) is 8.46. The van der Waals surface area contributed by atoms with Crippen molar-refractivity contribution in [1.82, 2.24) is 9.97 Å². The lowest BCUT2D eigenvalue weighted by molar-refractivity contribution is 1.21. The standard InChI is InChI=1S/C41H28N2/c1-27-11-10-26-42-41(27)38-21-9-20-37(43-38)29-22-24-30(25-23-29)39-33-15-4-6-17-35(33)40(36-18-7-5-16-34(36)39)32-19-8-13-28-12-2-3-14-31(28)32/h2-26H,1H3. The molecular formula is C41H28N2. The number of nitrogens with zero attached hydrogens (tertiary/aromatic N) is 2. The van der Waals surface area contributed by atoms with Crippen molar-refractivity contribution >= 4 is 32.3 Å². The summed E-state index contributed by atoms with van der Waals surface area (Å²) in [5.41, 5.74) is 9.95. The van der Waals surface area contributed by atoms with Gasteiger partial charge >= 0.3 is 0 Å². The average Bonchev–Trinajstić information content (AvgIpc) is 3.07. The summed E-state index contributed by atoms with van der Waals surface area (Å²) >= 11 is 0. The summed E-state index contributed by atoms with van der Waals surface area (Å²) in [5, 5.41) is 7.55. The fraction of sp³-hybridized carbons (Fsp3) is 0.0244. The molecule has 0 N–H and O–H groups in total. The molecule has 2 aromatic heterocycles. The van der Waals surface area contributed by atoms with Crippen LogP contribution < -0.4 is 0 Å². The summed E-state index contributed by atoms with van der Waals surface area (Å²) in [7, 11) is 0. The summed E-state index contributed by atoms with van der Waals surface area (Å²) in [6.07, 6.45) is 1.83. The predicted octanol–water partition coefficient (Wildman–Crippen LogP) is 10.9. The highest BCUT2D eigenvalue weighted by atomic mass is 14.8. The van der Waals surface area contributed by atoms with Gasteiger partial charge in [-0.25, -0.2) is 4.98 Å². The van der Waals surface area contributed by atoms with Crippen LogP contribution in [0.1, 0.15) is 5.56 Å². The van der Waals surface area contributed by atoms with Crippen LogP contribution >= 0.6 is 0 Å². The van der Waals surface area contributed by atoms with Gasteiger partial charge in [0.25, 0.3) is 0 Å². The molecule has 6 aromatic carbocycles. The molecule has 0 bridgehead atoms. The summed E-state index contributed by atoms with van der Waals surface area (Å²) in [6, 6.07) is 52.0. The van der Waals surface area contributed by atoms with Gasteiger partial charge in [0.1, 0.15) is 0 Å². The lowest BCUT2D eigenvalue weighted by Crippen LogP contribution is -1.93. The lowest BCUT2D eigenvalue weighted by atomic mass is 9.84. The van der Waals surface area contributed by atoms with Crippen molar-refractivity contribution < 1.29 is 0 Å². The maximum atomic E-state index is 4.98. The molecule has 2 heteroatoms. The van der Waals surface area contributed by atoms with Crippen LogP contribution in [0.4, 0.5) is 0 Å². The number of rotatable bonds is 4.